The van der Waals surface area contributed by atoms with Crippen molar-refractivity contribution < 1.29 is 9.32 Å². The summed E-state index contributed by atoms with van der Waals surface area (Å²) >= 11 is 0. The summed E-state index contributed by atoms with van der Waals surface area (Å²) in [6.45, 7) is 2.16. The number of hydrogen-bond donors (Lipinski definition) is 1. The Morgan fingerprint density at radius 3 is 2.84 bits per heavy atom. The molecule has 0 bridgehead atoms. The Morgan fingerprint density at radius 2 is 2.16 bits per heavy atom. The second-order valence-electron chi connectivity index (χ2n) is 4.06. The van der Waals surface area contributed by atoms with E-state index in [1.165, 1.54) is 0 Å². The standard InChI is InChI=1S/C14H13N3O2/c1-10-12(9-16-13(18)7-8-15)17-19-14(10)11-5-3-2-4-6-11/h2-6H,7,9H2,1H3,(H,16,18). The minimum Gasteiger partial charge on any atom is -0.356 e. The van der Waals surface area contributed by atoms with Gasteiger partial charge in [0.2, 0.25) is 5.91 Å². The minimum absolute atomic E-state index is 0.150. The quantitative estimate of drug-likeness (QED) is 0.908. The second kappa shape index (κ2) is 5.83. The number of nitriles is 1. The van der Waals surface area contributed by atoms with E-state index in [1.807, 2.05) is 37.3 Å². The molecule has 0 aliphatic rings. The van der Waals surface area contributed by atoms with Gasteiger partial charge < -0.3 is 9.84 Å². The first-order chi connectivity index (χ1) is 9.22. The lowest BCUT2D eigenvalue weighted by Crippen LogP contribution is -2.22. The fourth-order valence-electron chi connectivity index (χ4n) is 1.71. The van der Waals surface area contributed by atoms with Crippen LogP contribution in [0.25, 0.3) is 11.3 Å². The molecule has 2 aromatic rings. The van der Waals surface area contributed by atoms with Crippen LogP contribution in [0.15, 0.2) is 34.9 Å². The molecule has 0 unspecified atom stereocenters. The van der Waals surface area contributed by atoms with E-state index in [2.05, 4.69) is 10.5 Å². The molecule has 0 aliphatic heterocycles. The number of carbonyl (C=O) groups excluding carboxylic acids is 1. The van der Waals surface area contributed by atoms with Gasteiger partial charge in [-0.25, -0.2) is 0 Å². The molecule has 96 valence electrons. The number of aromatic nitrogens is 1. The molecule has 0 fully saturated rings. The smallest absolute Gasteiger partial charge is 0.234 e. The lowest BCUT2D eigenvalue weighted by Gasteiger charge is -2.00. The molecule has 19 heavy (non-hydrogen) atoms. The number of carbonyl (C=O) groups is 1. The third-order valence-electron chi connectivity index (χ3n) is 2.75. The Morgan fingerprint density at radius 1 is 1.42 bits per heavy atom. The largest absolute Gasteiger partial charge is 0.356 e. The Balaban J connectivity index is 2.11. The number of nitrogens with zero attached hydrogens (tertiary/aromatic N) is 2. The summed E-state index contributed by atoms with van der Waals surface area (Å²) in [6, 6.07) is 11.4. The van der Waals surface area contributed by atoms with Crippen LogP contribution in [0.1, 0.15) is 17.7 Å². The number of amides is 1. The lowest BCUT2D eigenvalue weighted by atomic mass is 10.1. The van der Waals surface area contributed by atoms with Crippen molar-refractivity contribution in [3.8, 4) is 17.4 Å². The average molecular weight is 255 g/mol. The first-order valence-corrected chi connectivity index (χ1v) is 5.86. The molecule has 0 radical (unpaired) electrons. The van der Waals surface area contributed by atoms with E-state index in [0.717, 1.165) is 11.1 Å². The van der Waals surface area contributed by atoms with Crippen molar-refractivity contribution in [2.45, 2.75) is 19.9 Å². The Kier molecular flexibility index (Phi) is 3.94. The summed E-state index contributed by atoms with van der Waals surface area (Å²) in [6.07, 6.45) is -0.150. The summed E-state index contributed by atoms with van der Waals surface area (Å²) in [4.78, 5) is 11.2. The van der Waals surface area contributed by atoms with Crippen molar-refractivity contribution in [3.63, 3.8) is 0 Å². The van der Waals surface area contributed by atoms with Gasteiger partial charge in [0, 0.05) is 11.1 Å². The maximum Gasteiger partial charge on any atom is 0.234 e. The third-order valence-corrected chi connectivity index (χ3v) is 2.75. The van der Waals surface area contributed by atoms with Crippen LogP contribution in [-0.4, -0.2) is 11.1 Å². The monoisotopic (exact) mass is 255 g/mol. The normalized spacial score (nSPS) is 9.89. The lowest BCUT2D eigenvalue weighted by molar-refractivity contribution is -0.120. The highest BCUT2D eigenvalue weighted by Gasteiger charge is 2.13. The van der Waals surface area contributed by atoms with Gasteiger partial charge in [0.15, 0.2) is 5.76 Å². The molecule has 0 saturated carbocycles. The van der Waals surface area contributed by atoms with Crippen LogP contribution >= 0.6 is 0 Å². The van der Waals surface area contributed by atoms with Gasteiger partial charge in [-0.15, -0.1) is 0 Å². The van der Waals surface area contributed by atoms with Crippen LogP contribution in [0.2, 0.25) is 0 Å². The molecule has 1 amide bonds. The molecule has 0 atom stereocenters. The van der Waals surface area contributed by atoms with Crippen LogP contribution < -0.4 is 5.32 Å². The SMILES string of the molecule is Cc1c(CNC(=O)CC#N)noc1-c1ccccc1. The van der Waals surface area contributed by atoms with Gasteiger partial charge in [0.05, 0.1) is 12.6 Å². The van der Waals surface area contributed by atoms with E-state index in [9.17, 15) is 4.79 Å². The van der Waals surface area contributed by atoms with Gasteiger partial charge in [-0.3, -0.25) is 4.79 Å². The van der Waals surface area contributed by atoms with Gasteiger partial charge in [-0.1, -0.05) is 35.5 Å². The highest BCUT2D eigenvalue weighted by atomic mass is 16.5. The van der Waals surface area contributed by atoms with Crippen molar-refractivity contribution in [2.24, 2.45) is 0 Å². The fraction of sp³-hybridized carbons (Fsp3) is 0.214. The predicted octanol–water partition coefficient (Wildman–Crippen LogP) is 2.18. The Labute approximate surface area is 110 Å². The van der Waals surface area contributed by atoms with Crippen molar-refractivity contribution in [2.75, 3.05) is 0 Å². The van der Waals surface area contributed by atoms with Crippen molar-refractivity contribution in [1.82, 2.24) is 10.5 Å². The van der Waals surface area contributed by atoms with Crippen molar-refractivity contribution in [3.05, 3.63) is 41.6 Å². The van der Waals surface area contributed by atoms with Gasteiger partial charge in [0.25, 0.3) is 0 Å². The van der Waals surface area contributed by atoms with E-state index in [0.29, 0.717) is 11.5 Å². The summed E-state index contributed by atoms with van der Waals surface area (Å²) in [5.41, 5.74) is 2.51. The van der Waals surface area contributed by atoms with E-state index in [4.69, 9.17) is 9.78 Å². The van der Waals surface area contributed by atoms with Crippen LogP contribution in [0, 0.1) is 18.3 Å². The molecule has 1 aromatic carbocycles. The zero-order valence-corrected chi connectivity index (χ0v) is 10.5. The zero-order chi connectivity index (χ0) is 13.7. The number of rotatable bonds is 4. The van der Waals surface area contributed by atoms with Crippen molar-refractivity contribution >= 4 is 5.91 Å². The molecule has 1 aromatic heterocycles. The molecule has 5 nitrogen and oxygen atoms in total. The predicted molar refractivity (Wildman–Crippen MR) is 68.8 cm³/mol. The Bertz CT molecular complexity index is 611. The molecule has 5 heteroatoms. The summed E-state index contributed by atoms with van der Waals surface area (Å²) in [7, 11) is 0. The molecular weight excluding hydrogens is 242 g/mol. The molecule has 0 spiro atoms. The molecule has 2 rings (SSSR count). The first-order valence-electron chi connectivity index (χ1n) is 5.86. The van der Waals surface area contributed by atoms with Crippen molar-refractivity contribution in [1.29, 1.82) is 5.26 Å². The average Bonchev–Trinajstić information content (AvgIpc) is 2.79. The third kappa shape index (κ3) is 2.99. The van der Waals surface area contributed by atoms with E-state index >= 15 is 0 Å². The number of nitrogens with one attached hydrogen (secondary N) is 1. The zero-order valence-electron chi connectivity index (χ0n) is 10.5. The van der Waals surface area contributed by atoms with Crippen LogP contribution in [0.4, 0.5) is 0 Å². The summed E-state index contributed by atoms with van der Waals surface area (Å²) in [5, 5.41) is 15.0. The highest BCUT2D eigenvalue weighted by Crippen LogP contribution is 2.25. The maximum atomic E-state index is 11.2. The van der Waals surface area contributed by atoms with Gasteiger partial charge in [0.1, 0.15) is 12.1 Å². The molecular formula is C14H13N3O2. The van der Waals surface area contributed by atoms with Crippen LogP contribution in [-0.2, 0) is 11.3 Å². The minimum atomic E-state index is -0.314. The fourth-order valence-corrected chi connectivity index (χ4v) is 1.71. The summed E-state index contributed by atoms with van der Waals surface area (Å²) in [5.74, 6) is 0.385. The van der Waals surface area contributed by atoms with Crippen LogP contribution in [0.5, 0.6) is 0 Å². The number of benzene rings is 1. The van der Waals surface area contributed by atoms with E-state index in [-0.39, 0.29) is 18.9 Å². The maximum absolute atomic E-state index is 11.2. The van der Waals surface area contributed by atoms with Crippen LogP contribution in [0.3, 0.4) is 0 Å². The van der Waals surface area contributed by atoms with E-state index in [1.54, 1.807) is 6.07 Å². The number of hydrogen-bond acceptors (Lipinski definition) is 4. The molecule has 1 heterocycles. The second-order valence-corrected chi connectivity index (χ2v) is 4.06. The Hall–Kier alpha value is -2.61. The molecule has 0 aliphatic carbocycles. The first kappa shape index (κ1) is 12.8. The van der Waals surface area contributed by atoms with Gasteiger partial charge >= 0.3 is 0 Å². The topological polar surface area (TPSA) is 78.9 Å². The molecule has 1 N–H and O–H groups in total. The summed E-state index contributed by atoms with van der Waals surface area (Å²) < 4.78 is 5.31. The highest BCUT2D eigenvalue weighted by molar-refractivity contribution is 5.78. The van der Waals surface area contributed by atoms with Gasteiger partial charge in [-0.2, -0.15) is 5.26 Å². The van der Waals surface area contributed by atoms with Gasteiger partial charge in [-0.05, 0) is 6.92 Å². The van der Waals surface area contributed by atoms with E-state index < -0.39 is 0 Å². The molecule has 0 saturated heterocycles.